The normalized spacial score (nSPS) is 22.0. The Morgan fingerprint density at radius 1 is 1.45 bits per heavy atom. The lowest BCUT2D eigenvalue weighted by molar-refractivity contribution is -0.141. The molecule has 1 aliphatic heterocycles. The summed E-state index contributed by atoms with van der Waals surface area (Å²) in [6, 6.07) is 3.94. The van der Waals surface area contributed by atoms with E-state index in [9.17, 15) is 19.8 Å². The summed E-state index contributed by atoms with van der Waals surface area (Å²) in [6.07, 6.45) is 0.673. The van der Waals surface area contributed by atoms with Gasteiger partial charge in [-0.05, 0) is 31.0 Å². The van der Waals surface area contributed by atoms with Gasteiger partial charge < -0.3 is 15.1 Å². The summed E-state index contributed by atoms with van der Waals surface area (Å²) in [4.78, 5) is 25.2. The van der Waals surface area contributed by atoms with Crippen molar-refractivity contribution in [3.63, 3.8) is 0 Å². The average Bonchev–Trinajstić information content (AvgIpc) is 2.81. The van der Waals surface area contributed by atoms with Gasteiger partial charge in [-0.2, -0.15) is 0 Å². The minimum atomic E-state index is -1.01. The van der Waals surface area contributed by atoms with Crippen molar-refractivity contribution in [3.8, 4) is 5.75 Å². The summed E-state index contributed by atoms with van der Waals surface area (Å²) in [5, 5.41) is 19.0. The topological polar surface area (TPSA) is 77.8 Å². The lowest BCUT2D eigenvalue weighted by atomic mass is 10.1. The highest BCUT2D eigenvalue weighted by molar-refractivity contribution is 8.00. The number of nitrogens with zero attached hydrogens (tertiary/aromatic N) is 1. The zero-order valence-corrected chi connectivity index (χ0v) is 12.2. The van der Waals surface area contributed by atoms with E-state index in [1.165, 1.54) is 22.7 Å². The smallest absolute Gasteiger partial charge is 0.327 e. The van der Waals surface area contributed by atoms with Gasteiger partial charge in [0.1, 0.15) is 11.8 Å². The highest BCUT2D eigenvalue weighted by atomic mass is 32.2. The van der Waals surface area contributed by atoms with Crippen molar-refractivity contribution in [1.82, 2.24) is 4.90 Å². The highest BCUT2D eigenvalue weighted by Crippen LogP contribution is 2.34. The van der Waals surface area contributed by atoms with E-state index in [-0.39, 0.29) is 16.7 Å². The first kappa shape index (κ1) is 14.7. The lowest BCUT2D eigenvalue weighted by Gasteiger charge is -2.27. The van der Waals surface area contributed by atoms with Crippen LogP contribution in [0.3, 0.4) is 0 Å². The number of carbonyl (C=O) groups excluding carboxylic acids is 1. The third-order valence-corrected chi connectivity index (χ3v) is 4.80. The second kappa shape index (κ2) is 5.75. The van der Waals surface area contributed by atoms with Gasteiger partial charge in [0.15, 0.2) is 0 Å². The second-order valence-corrected chi connectivity index (χ2v) is 5.99. The predicted octanol–water partition coefficient (Wildman–Crippen LogP) is 2.08. The molecule has 1 aromatic rings. The first-order valence-corrected chi connectivity index (χ1v) is 7.47. The fourth-order valence-electron chi connectivity index (χ4n) is 2.30. The molecule has 0 bridgehead atoms. The number of amides is 1. The molecule has 0 aliphatic carbocycles. The number of aliphatic carboxylic acids is 1. The zero-order chi connectivity index (χ0) is 14.9. The highest BCUT2D eigenvalue weighted by Gasteiger charge is 2.41. The van der Waals surface area contributed by atoms with E-state index >= 15 is 0 Å². The van der Waals surface area contributed by atoms with E-state index in [0.29, 0.717) is 12.2 Å². The zero-order valence-electron chi connectivity index (χ0n) is 11.4. The molecule has 0 radical (unpaired) electrons. The predicted molar refractivity (Wildman–Crippen MR) is 77.0 cm³/mol. The van der Waals surface area contributed by atoms with Crippen LogP contribution >= 0.6 is 11.8 Å². The van der Waals surface area contributed by atoms with Crippen molar-refractivity contribution in [2.45, 2.75) is 31.7 Å². The second-order valence-electron chi connectivity index (χ2n) is 4.78. The number of aryl methyl sites for hydroxylation is 1. The SMILES string of the molecule is CCC1SCC(C(=O)O)N1C(=O)c1ccc(C)cc1O. The summed E-state index contributed by atoms with van der Waals surface area (Å²) in [5.74, 6) is -1.15. The number of thioether (sulfide) groups is 1. The van der Waals surface area contributed by atoms with Crippen LogP contribution in [-0.4, -0.2) is 44.2 Å². The Kier molecular flexibility index (Phi) is 4.23. The Morgan fingerprint density at radius 3 is 2.70 bits per heavy atom. The number of hydrogen-bond acceptors (Lipinski definition) is 4. The number of phenolic OH excluding ortho intramolecular Hbond substituents is 1. The minimum Gasteiger partial charge on any atom is -0.507 e. The molecular weight excluding hydrogens is 278 g/mol. The molecular formula is C14H17NO4S. The maximum atomic E-state index is 12.6. The quantitative estimate of drug-likeness (QED) is 0.892. The number of aromatic hydroxyl groups is 1. The van der Waals surface area contributed by atoms with E-state index < -0.39 is 17.9 Å². The number of benzene rings is 1. The Labute approximate surface area is 121 Å². The van der Waals surface area contributed by atoms with Gasteiger partial charge in [0.05, 0.1) is 10.9 Å². The monoisotopic (exact) mass is 295 g/mol. The molecule has 5 nitrogen and oxygen atoms in total. The molecule has 0 saturated carbocycles. The molecule has 1 aromatic carbocycles. The van der Waals surface area contributed by atoms with Crippen LogP contribution in [0.2, 0.25) is 0 Å². The van der Waals surface area contributed by atoms with Crippen LogP contribution in [-0.2, 0) is 4.79 Å². The first-order valence-electron chi connectivity index (χ1n) is 6.42. The number of rotatable bonds is 3. The van der Waals surface area contributed by atoms with Gasteiger partial charge in [0.2, 0.25) is 0 Å². The van der Waals surface area contributed by atoms with Crippen molar-refractivity contribution in [2.75, 3.05) is 5.75 Å². The van der Waals surface area contributed by atoms with Crippen LogP contribution in [0.1, 0.15) is 29.3 Å². The fraction of sp³-hybridized carbons (Fsp3) is 0.429. The summed E-state index contributed by atoms with van der Waals surface area (Å²) >= 11 is 1.46. The Balaban J connectivity index is 2.36. The molecule has 1 heterocycles. The van der Waals surface area contributed by atoms with Crippen molar-refractivity contribution in [1.29, 1.82) is 0 Å². The minimum absolute atomic E-state index is 0.106. The lowest BCUT2D eigenvalue weighted by Crippen LogP contribution is -2.45. The van der Waals surface area contributed by atoms with Crippen LogP contribution < -0.4 is 0 Å². The maximum Gasteiger partial charge on any atom is 0.327 e. The van der Waals surface area contributed by atoms with E-state index in [1.807, 2.05) is 13.8 Å². The van der Waals surface area contributed by atoms with Crippen molar-refractivity contribution < 1.29 is 19.8 Å². The van der Waals surface area contributed by atoms with Crippen molar-refractivity contribution in [2.24, 2.45) is 0 Å². The molecule has 1 amide bonds. The van der Waals surface area contributed by atoms with Crippen LogP contribution in [0.4, 0.5) is 0 Å². The van der Waals surface area contributed by atoms with E-state index in [0.717, 1.165) is 5.56 Å². The van der Waals surface area contributed by atoms with Gasteiger partial charge in [0, 0.05) is 5.75 Å². The van der Waals surface area contributed by atoms with Crippen molar-refractivity contribution in [3.05, 3.63) is 29.3 Å². The number of carboxylic acids is 1. The molecule has 2 unspecified atom stereocenters. The molecule has 1 fully saturated rings. The molecule has 0 aromatic heterocycles. The molecule has 2 N–H and O–H groups in total. The average molecular weight is 295 g/mol. The standard InChI is InChI=1S/C14H17NO4S/c1-3-12-15(10(7-20-12)14(18)19)13(17)9-5-4-8(2)6-11(9)16/h4-6,10,12,16H,3,7H2,1-2H3,(H,18,19). The van der Waals surface area contributed by atoms with E-state index in [1.54, 1.807) is 12.1 Å². The molecule has 2 atom stereocenters. The molecule has 20 heavy (non-hydrogen) atoms. The van der Waals surface area contributed by atoms with Crippen LogP contribution in [0.5, 0.6) is 5.75 Å². The summed E-state index contributed by atoms with van der Waals surface area (Å²) in [7, 11) is 0. The molecule has 108 valence electrons. The first-order chi connectivity index (χ1) is 9.45. The van der Waals surface area contributed by atoms with Crippen LogP contribution in [0, 0.1) is 6.92 Å². The van der Waals surface area contributed by atoms with Crippen LogP contribution in [0.15, 0.2) is 18.2 Å². The molecule has 0 spiro atoms. The number of hydrogen-bond donors (Lipinski definition) is 2. The molecule has 2 rings (SSSR count). The van der Waals surface area contributed by atoms with Gasteiger partial charge >= 0.3 is 5.97 Å². The van der Waals surface area contributed by atoms with E-state index in [4.69, 9.17) is 0 Å². The third-order valence-electron chi connectivity index (χ3n) is 3.34. The summed E-state index contributed by atoms with van der Waals surface area (Å²) < 4.78 is 0. The Hall–Kier alpha value is -1.69. The Morgan fingerprint density at radius 2 is 2.15 bits per heavy atom. The van der Waals surface area contributed by atoms with Gasteiger partial charge in [-0.3, -0.25) is 4.79 Å². The van der Waals surface area contributed by atoms with Crippen molar-refractivity contribution >= 4 is 23.6 Å². The largest absolute Gasteiger partial charge is 0.507 e. The fourth-order valence-corrected chi connectivity index (χ4v) is 3.65. The van der Waals surface area contributed by atoms with Gasteiger partial charge in [0.25, 0.3) is 5.91 Å². The van der Waals surface area contributed by atoms with Crippen LogP contribution in [0.25, 0.3) is 0 Å². The third kappa shape index (κ3) is 2.60. The number of phenols is 1. The molecule has 1 aliphatic rings. The van der Waals surface area contributed by atoms with E-state index in [2.05, 4.69) is 0 Å². The van der Waals surface area contributed by atoms with Gasteiger partial charge in [-0.25, -0.2) is 4.79 Å². The number of carbonyl (C=O) groups is 2. The van der Waals surface area contributed by atoms with Gasteiger partial charge in [-0.1, -0.05) is 13.0 Å². The molecule has 6 heteroatoms. The molecule has 1 saturated heterocycles. The summed E-state index contributed by atoms with van der Waals surface area (Å²) in [5.41, 5.74) is 1.000. The Bertz CT molecular complexity index is 546. The number of carboxylic acid groups (broad SMARTS) is 1. The summed E-state index contributed by atoms with van der Waals surface area (Å²) in [6.45, 7) is 3.73. The maximum absolute atomic E-state index is 12.6. The van der Waals surface area contributed by atoms with Gasteiger partial charge in [-0.15, -0.1) is 11.8 Å².